The predicted octanol–water partition coefficient (Wildman–Crippen LogP) is 3.88. The molecule has 2 heterocycles. The molecule has 2 unspecified atom stereocenters. The van der Waals surface area contributed by atoms with Crippen molar-refractivity contribution in [3.8, 4) is 0 Å². The van der Waals surface area contributed by atoms with Gasteiger partial charge in [0.2, 0.25) is 0 Å². The molecule has 0 saturated carbocycles. The number of azo groups is 2. The summed E-state index contributed by atoms with van der Waals surface area (Å²) in [5, 5.41) is 24.7. The van der Waals surface area contributed by atoms with Crippen molar-refractivity contribution in [2.75, 3.05) is 0 Å². The molecule has 6 nitrogen and oxygen atoms in total. The molecule has 0 saturated heterocycles. The van der Waals surface area contributed by atoms with Crippen LogP contribution in [0.2, 0.25) is 0 Å². The zero-order valence-corrected chi connectivity index (χ0v) is 11.6. The minimum absolute atomic E-state index is 0.00388. The second kappa shape index (κ2) is 5.40. The number of amidine groups is 2. The normalized spacial score (nSPS) is 31.3. The molecule has 22 heavy (non-hydrogen) atoms. The van der Waals surface area contributed by atoms with Crippen LogP contribution in [0.3, 0.4) is 0 Å². The van der Waals surface area contributed by atoms with E-state index in [0.29, 0.717) is 11.7 Å². The molecule has 0 radical (unpaired) electrons. The highest BCUT2D eigenvalue weighted by molar-refractivity contribution is 5.94. The SMILES string of the molecule is C1=CC2=CN=N/C(=N\N=C3\N=NC=C4C=CC=CC43)C2C=C1. The van der Waals surface area contributed by atoms with Gasteiger partial charge in [0, 0.05) is 0 Å². The monoisotopic (exact) mass is 288 g/mol. The van der Waals surface area contributed by atoms with E-state index in [0.717, 1.165) is 11.1 Å². The number of rotatable bonds is 1. The lowest BCUT2D eigenvalue weighted by molar-refractivity contribution is 0.918. The summed E-state index contributed by atoms with van der Waals surface area (Å²) >= 11 is 0. The van der Waals surface area contributed by atoms with Gasteiger partial charge in [0.15, 0.2) is 11.7 Å². The van der Waals surface area contributed by atoms with E-state index in [-0.39, 0.29) is 11.8 Å². The third-order valence-electron chi connectivity index (χ3n) is 3.67. The maximum absolute atomic E-state index is 4.26. The number of nitrogens with zero attached hydrogens (tertiary/aromatic N) is 6. The fourth-order valence-electron chi connectivity index (χ4n) is 2.53. The molecule has 4 rings (SSSR count). The van der Waals surface area contributed by atoms with E-state index in [9.17, 15) is 0 Å². The third kappa shape index (κ3) is 2.24. The first-order valence-corrected chi connectivity index (χ1v) is 6.99. The maximum Gasteiger partial charge on any atom is 0.184 e. The fourth-order valence-corrected chi connectivity index (χ4v) is 2.53. The quantitative estimate of drug-likeness (QED) is 0.657. The summed E-state index contributed by atoms with van der Waals surface area (Å²) in [6.45, 7) is 0. The zero-order valence-electron chi connectivity index (χ0n) is 11.6. The van der Waals surface area contributed by atoms with Crippen LogP contribution in [0.25, 0.3) is 0 Å². The molecular weight excluding hydrogens is 276 g/mol. The molecule has 0 aromatic rings. The van der Waals surface area contributed by atoms with Crippen LogP contribution in [0.4, 0.5) is 0 Å². The Labute approximate surface area is 127 Å². The summed E-state index contributed by atoms with van der Waals surface area (Å²) in [4.78, 5) is 0. The second-order valence-electron chi connectivity index (χ2n) is 5.05. The van der Waals surface area contributed by atoms with Crippen LogP contribution in [0.1, 0.15) is 0 Å². The Bertz CT molecular complexity index is 730. The summed E-state index contributed by atoms with van der Waals surface area (Å²) in [5.41, 5.74) is 2.12. The molecule has 4 aliphatic rings. The van der Waals surface area contributed by atoms with Gasteiger partial charge in [0.25, 0.3) is 0 Å². The first-order chi connectivity index (χ1) is 10.9. The maximum atomic E-state index is 4.26. The van der Waals surface area contributed by atoms with Gasteiger partial charge < -0.3 is 0 Å². The average Bonchev–Trinajstić information content (AvgIpc) is 2.60. The summed E-state index contributed by atoms with van der Waals surface area (Å²) < 4.78 is 0. The van der Waals surface area contributed by atoms with Gasteiger partial charge >= 0.3 is 0 Å². The van der Waals surface area contributed by atoms with Crippen molar-refractivity contribution in [1.29, 1.82) is 0 Å². The van der Waals surface area contributed by atoms with Crippen molar-refractivity contribution < 1.29 is 0 Å². The molecule has 106 valence electrons. The van der Waals surface area contributed by atoms with Gasteiger partial charge in [0.1, 0.15) is 0 Å². The van der Waals surface area contributed by atoms with E-state index in [4.69, 9.17) is 0 Å². The highest BCUT2D eigenvalue weighted by atomic mass is 15.3. The molecule has 0 amide bonds. The van der Waals surface area contributed by atoms with Crippen LogP contribution < -0.4 is 0 Å². The van der Waals surface area contributed by atoms with Gasteiger partial charge in [-0.05, 0) is 11.1 Å². The van der Waals surface area contributed by atoms with Crippen molar-refractivity contribution in [2.24, 2.45) is 42.5 Å². The summed E-state index contributed by atoms with van der Waals surface area (Å²) in [7, 11) is 0. The van der Waals surface area contributed by atoms with Crippen molar-refractivity contribution >= 4 is 11.7 Å². The lowest BCUT2D eigenvalue weighted by Crippen LogP contribution is -2.17. The molecule has 6 heteroatoms. The second-order valence-corrected chi connectivity index (χ2v) is 5.05. The molecule has 2 aliphatic heterocycles. The average molecular weight is 288 g/mol. The fraction of sp³-hybridized carbons (Fsp3) is 0.125. The minimum atomic E-state index is 0.00388. The Morgan fingerprint density at radius 1 is 0.682 bits per heavy atom. The lowest BCUT2D eigenvalue weighted by atomic mass is 9.93. The Morgan fingerprint density at radius 3 is 1.68 bits per heavy atom. The summed E-state index contributed by atoms with van der Waals surface area (Å²) in [6, 6.07) is 0. The molecule has 2 aliphatic carbocycles. The highest BCUT2D eigenvalue weighted by Crippen LogP contribution is 2.27. The predicted molar refractivity (Wildman–Crippen MR) is 84.3 cm³/mol. The van der Waals surface area contributed by atoms with Gasteiger partial charge in [-0.2, -0.15) is 10.2 Å². The minimum Gasteiger partial charge on any atom is -0.157 e. The Hall–Kier alpha value is -3.02. The van der Waals surface area contributed by atoms with Gasteiger partial charge in [-0.1, -0.05) is 48.6 Å². The number of allylic oxidation sites excluding steroid dienone is 6. The molecule has 2 atom stereocenters. The van der Waals surface area contributed by atoms with Crippen molar-refractivity contribution in [2.45, 2.75) is 0 Å². The smallest absolute Gasteiger partial charge is 0.157 e. The van der Waals surface area contributed by atoms with Gasteiger partial charge in [0.05, 0.1) is 24.2 Å². The van der Waals surface area contributed by atoms with Crippen LogP contribution in [0, 0.1) is 11.8 Å². The van der Waals surface area contributed by atoms with Crippen molar-refractivity contribution in [3.05, 3.63) is 72.2 Å². The van der Waals surface area contributed by atoms with E-state index in [1.165, 1.54) is 0 Å². The summed E-state index contributed by atoms with van der Waals surface area (Å²) in [5.74, 6) is 1.13. The Morgan fingerprint density at radius 2 is 1.18 bits per heavy atom. The highest BCUT2D eigenvalue weighted by Gasteiger charge is 2.23. The first kappa shape index (κ1) is 12.7. The zero-order chi connectivity index (χ0) is 14.8. The topological polar surface area (TPSA) is 74.2 Å². The molecule has 0 aromatic carbocycles. The van der Waals surface area contributed by atoms with Crippen LogP contribution in [0.15, 0.2) is 103 Å². The standard InChI is InChI=1S/C16H12N6/c1-3-7-13-11(5-1)9-17-19-15(13)21-22-16-14-8-4-2-6-12(14)10-18-20-16/h1-10,13-14H/b21-15-,22-16+. The first-order valence-electron chi connectivity index (χ1n) is 6.99. The Kier molecular flexibility index (Phi) is 3.12. The van der Waals surface area contributed by atoms with E-state index in [2.05, 4.69) is 30.7 Å². The van der Waals surface area contributed by atoms with Crippen LogP contribution in [-0.4, -0.2) is 11.7 Å². The van der Waals surface area contributed by atoms with Gasteiger partial charge in [-0.3, -0.25) is 0 Å². The molecule has 0 fully saturated rings. The molecule has 0 spiro atoms. The molecule has 0 bridgehead atoms. The number of hydrogen-bond acceptors (Lipinski definition) is 4. The van der Waals surface area contributed by atoms with Gasteiger partial charge in [-0.25, -0.2) is 0 Å². The third-order valence-corrected chi connectivity index (χ3v) is 3.67. The van der Waals surface area contributed by atoms with Crippen molar-refractivity contribution in [3.63, 3.8) is 0 Å². The van der Waals surface area contributed by atoms with E-state index in [1.807, 2.05) is 48.6 Å². The number of fused-ring (bicyclic) bond motifs is 2. The van der Waals surface area contributed by atoms with E-state index in [1.54, 1.807) is 12.4 Å². The van der Waals surface area contributed by atoms with Crippen LogP contribution in [-0.2, 0) is 0 Å². The largest absolute Gasteiger partial charge is 0.184 e. The molecular formula is C16H12N6. The van der Waals surface area contributed by atoms with Gasteiger partial charge in [-0.15, -0.1) is 20.4 Å². The van der Waals surface area contributed by atoms with Crippen molar-refractivity contribution in [1.82, 2.24) is 0 Å². The number of hydrogen-bond donors (Lipinski definition) is 0. The Balaban J connectivity index is 1.64. The lowest BCUT2D eigenvalue weighted by Gasteiger charge is -2.18. The molecule has 0 aromatic heterocycles. The summed E-state index contributed by atoms with van der Waals surface area (Å²) in [6.07, 6.45) is 19.4. The van der Waals surface area contributed by atoms with E-state index < -0.39 is 0 Å². The van der Waals surface area contributed by atoms with Crippen LogP contribution in [0.5, 0.6) is 0 Å². The van der Waals surface area contributed by atoms with Crippen LogP contribution >= 0.6 is 0 Å². The van der Waals surface area contributed by atoms with E-state index >= 15 is 0 Å². The molecule has 0 N–H and O–H groups in total.